The van der Waals surface area contributed by atoms with E-state index in [1.807, 2.05) is 0 Å². The minimum atomic E-state index is -0.000859. The van der Waals surface area contributed by atoms with Crippen molar-refractivity contribution >= 4 is 17.2 Å². The number of allylic oxidation sites excluding steroid dienone is 1. The highest BCUT2D eigenvalue weighted by atomic mass is 31.1. The molecule has 0 aliphatic heterocycles. The first-order chi connectivity index (χ1) is 6.09. The molecule has 1 atom stereocenters. The molecule has 0 rings (SSSR count). The standard InChI is InChI=1S/C12H26P2/c1-10(8-13)9-14(11(2,3)4)12(5,6)7/h1,8-9,13H2,2-7H3. The smallest absolute Gasteiger partial charge is 0.0104 e. The summed E-state index contributed by atoms with van der Waals surface area (Å²) in [7, 11) is 2.78. The Bertz CT molecular complexity index is 179. The highest BCUT2D eigenvalue weighted by molar-refractivity contribution is 7.61. The van der Waals surface area contributed by atoms with Gasteiger partial charge in [-0.05, 0) is 22.6 Å². The van der Waals surface area contributed by atoms with E-state index in [9.17, 15) is 0 Å². The third-order valence-corrected chi connectivity index (χ3v) is 6.87. The van der Waals surface area contributed by atoms with Crippen molar-refractivity contribution in [3.63, 3.8) is 0 Å². The van der Waals surface area contributed by atoms with Crippen LogP contribution in [0, 0.1) is 0 Å². The third-order valence-electron chi connectivity index (χ3n) is 2.29. The zero-order valence-corrected chi connectivity index (χ0v) is 12.7. The summed E-state index contributed by atoms with van der Waals surface area (Å²) in [5.41, 5.74) is 1.38. The van der Waals surface area contributed by atoms with Gasteiger partial charge in [-0.15, -0.1) is 9.24 Å². The Kier molecular flexibility index (Phi) is 5.31. The normalized spacial score (nSPS) is 13.4. The average molecular weight is 232 g/mol. The largest absolute Gasteiger partial charge is 0.133 e. The van der Waals surface area contributed by atoms with E-state index in [2.05, 4.69) is 57.4 Å². The first-order valence-corrected chi connectivity index (χ1v) is 7.58. The fourth-order valence-electron chi connectivity index (χ4n) is 1.77. The van der Waals surface area contributed by atoms with Crippen molar-refractivity contribution in [3.8, 4) is 0 Å². The monoisotopic (exact) mass is 232 g/mol. The van der Waals surface area contributed by atoms with Crippen molar-refractivity contribution in [1.29, 1.82) is 0 Å². The van der Waals surface area contributed by atoms with Gasteiger partial charge < -0.3 is 0 Å². The van der Waals surface area contributed by atoms with Crippen molar-refractivity contribution in [2.45, 2.75) is 51.9 Å². The van der Waals surface area contributed by atoms with Crippen molar-refractivity contribution in [2.24, 2.45) is 0 Å². The van der Waals surface area contributed by atoms with E-state index in [0.717, 1.165) is 6.16 Å². The first-order valence-electron chi connectivity index (χ1n) is 5.23. The lowest BCUT2D eigenvalue weighted by Gasteiger charge is -2.42. The van der Waals surface area contributed by atoms with Gasteiger partial charge in [0, 0.05) is 0 Å². The van der Waals surface area contributed by atoms with Gasteiger partial charge in [0.1, 0.15) is 0 Å². The Balaban J connectivity index is 4.68. The Morgan fingerprint density at radius 3 is 1.64 bits per heavy atom. The lowest BCUT2D eigenvalue weighted by Crippen LogP contribution is -2.27. The van der Waals surface area contributed by atoms with Crippen molar-refractivity contribution < 1.29 is 0 Å². The molecule has 0 spiro atoms. The van der Waals surface area contributed by atoms with Gasteiger partial charge in [0.25, 0.3) is 0 Å². The minimum Gasteiger partial charge on any atom is -0.133 e. The van der Waals surface area contributed by atoms with Gasteiger partial charge in [-0.3, -0.25) is 0 Å². The minimum absolute atomic E-state index is 0.000859. The molecule has 0 aliphatic carbocycles. The molecule has 0 amide bonds. The predicted octanol–water partition coefficient (Wildman–Crippen LogP) is 4.50. The molecule has 14 heavy (non-hydrogen) atoms. The lowest BCUT2D eigenvalue weighted by molar-refractivity contribution is 0.706. The van der Waals surface area contributed by atoms with E-state index in [-0.39, 0.29) is 7.92 Å². The Hall–Kier alpha value is 0.600. The molecule has 1 unspecified atom stereocenters. The number of hydrogen-bond donors (Lipinski definition) is 0. The van der Waals surface area contributed by atoms with Gasteiger partial charge in [-0.1, -0.05) is 61.6 Å². The summed E-state index contributed by atoms with van der Waals surface area (Å²) in [5.74, 6) is 0. The molecule has 84 valence electrons. The zero-order valence-electron chi connectivity index (χ0n) is 10.6. The number of rotatable bonds is 3. The van der Waals surface area contributed by atoms with Gasteiger partial charge in [-0.25, -0.2) is 0 Å². The third kappa shape index (κ3) is 4.90. The summed E-state index contributed by atoms with van der Waals surface area (Å²) >= 11 is 0. The molecule has 0 N–H and O–H groups in total. The van der Waals surface area contributed by atoms with Crippen LogP contribution in [0.2, 0.25) is 0 Å². The SMILES string of the molecule is C=C(CP)CP(C(C)(C)C)C(C)(C)C. The molecule has 0 aromatic heterocycles. The Labute approximate surface area is 93.9 Å². The molecule has 0 saturated heterocycles. The van der Waals surface area contributed by atoms with Crippen LogP contribution in [-0.4, -0.2) is 22.6 Å². The van der Waals surface area contributed by atoms with E-state index in [4.69, 9.17) is 0 Å². The second-order valence-corrected chi connectivity index (χ2v) is 10.1. The average Bonchev–Trinajstić information content (AvgIpc) is 1.95. The molecule has 0 fully saturated rings. The van der Waals surface area contributed by atoms with Crippen LogP contribution >= 0.6 is 17.2 Å². The maximum atomic E-state index is 4.14. The van der Waals surface area contributed by atoms with Crippen LogP contribution in [0.4, 0.5) is 0 Å². The molecule has 0 aliphatic rings. The zero-order chi connectivity index (χ0) is 11.6. The van der Waals surface area contributed by atoms with Gasteiger partial charge in [0.15, 0.2) is 0 Å². The van der Waals surface area contributed by atoms with Crippen molar-refractivity contribution in [1.82, 2.24) is 0 Å². The summed E-state index contributed by atoms with van der Waals surface area (Å²) < 4.78 is 0. The molecule has 0 radical (unpaired) electrons. The predicted molar refractivity (Wildman–Crippen MR) is 75.0 cm³/mol. The van der Waals surface area contributed by atoms with E-state index in [1.165, 1.54) is 11.7 Å². The Morgan fingerprint density at radius 1 is 1.07 bits per heavy atom. The van der Waals surface area contributed by atoms with Gasteiger partial charge in [0.05, 0.1) is 0 Å². The van der Waals surface area contributed by atoms with Crippen molar-refractivity contribution in [2.75, 3.05) is 12.3 Å². The quantitative estimate of drug-likeness (QED) is 0.496. The van der Waals surface area contributed by atoms with Crippen LogP contribution in [0.1, 0.15) is 41.5 Å². The molecule has 0 bridgehead atoms. The van der Waals surface area contributed by atoms with Crippen LogP contribution in [0.3, 0.4) is 0 Å². The van der Waals surface area contributed by atoms with Crippen LogP contribution in [0.25, 0.3) is 0 Å². The molecule has 0 aromatic carbocycles. The molecule has 0 nitrogen and oxygen atoms in total. The van der Waals surface area contributed by atoms with Gasteiger partial charge in [-0.2, -0.15) is 0 Å². The second-order valence-electron chi connectivity index (χ2n) is 5.88. The maximum absolute atomic E-state index is 4.14. The summed E-state index contributed by atoms with van der Waals surface area (Å²) in [6, 6.07) is 0. The van der Waals surface area contributed by atoms with Crippen LogP contribution in [0.5, 0.6) is 0 Å². The molecular formula is C12H26P2. The first kappa shape index (κ1) is 14.6. The van der Waals surface area contributed by atoms with Crippen LogP contribution in [0.15, 0.2) is 12.2 Å². The fraction of sp³-hybridized carbons (Fsp3) is 0.833. The number of hydrogen-bond acceptors (Lipinski definition) is 0. The van der Waals surface area contributed by atoms with Crippen LogP contribution in [-0.2, 0) is 0 Å². The van der Waals surface area contributed by atoms with Crippen LogP contribution < -0.4 is 0 Å². The molecule has 0 aromatic rings. The summed E-state index contributed by atoms with van der Waals surface area (Å²) in [4.78, 5) is 0. The Morgan fingerprint density at radius 2 is 1.43 bits per heavy atom. The van der Waals surface area contributed by atoms with Crippen molar-refractivity contribution in [3.05, 3.63) is 12.2 Å². The van der Waals surface area contributed by atoms with E-state index >= 15 is 0 Å². The molecular weight excluding hydrogens is 206 g/mol. The van der Waals surface area contributed by atoms with Gasteiger partial charge in [0.2, 0.25) is 0 Å². The lowest BCUT2D eigenvalue weighted by atomic mass is 10.2. The summed E-state index contributed by atoms with van der Waals surface area (Å²) in [6.07, 6.45) is 2.26. The van der Waals surface area contributed by atoms with E-state index in [1.54, 1.807) is 0 Å². The highest BCUT2D eigenvalue weighted by Gasteiger charge is 2.33. The second kappa shape index (κ2) is 5.09. The highest BCUT2D eigenvalue weighted by Crippen LogP contribution is 2.59. The molecule has 0 heterocycles. The summed E-state index contributed by atoms with van der Waals surface area (Å²) in [5, 5.41) is 0.854. The fourth-order valence-corrected chi connectivity index (χ4v) is 5.69. The molecule has 0 saturated carbocycles. The topological polar surface area (TPSA) is 0 Å². The van der Waals surface area contributed by atoms with E-state index in [0.29, 0.717) is 10.3 Å². The summed E-state index contributed by atoms with van der Waals surface area (Å²) in [6.45, 7) is 18.3. The maximum Gasteiger partial charge on any atom is -0.0104 e. The van der Waals surface area contributed by atoms with E-state index < -0.39 is 0 Å². The van der Waals surface area contributed by atoms with Gasteiger partial charge >= 0.3 is 0 Å². The molecule has 2 heteroatoms.